The highest BCUT2D eigenvalue weighted by Crippen LogP contribution is 2.35. The van der Waals surface area contributed by atoms with Crippen molar-refractivity contribution < 1.29 is 26.7 Å². The molecule has 0 fully saturated rings. The molecule has 0 aromatic carbocycles. The molecular weight excluding hydrogens is 235 g/mol. The summed E-state index contributed by atoms with van der Waals surface area (Å²) >= 11 is 0. The van der Waals surface area contributed by atoms with Crippen LogP contribution in [0.3, 0.4) is 0 Å². The van der Waals surface area contributed by atoms with Gasteiger partial charge >= 0.3 is 12.1 Å². The summed E-state index contributed by atoms with van der Waals surface area (Å²) in [6.45, 7) is 2.34. The van der Waals surface area contributed by atoms with Crippen LogP contribution in [0.4, 0.5) is 22.0 Å². The molecule has 0 aromatic rings. The fraction of sp³-hybridized carbons (Fsp3) is 0.875. The van der Waals surface area contributed by atoms with E-state index in [0.29, 0.717) is 6.54 Å². The molecule has 0 atom stereocenters. The van der Waals surface area contributed by atoms with Gasteiger partial charge in [-0.15, -0.1) is 0 Å². The van der Waals surface area contributed by atoms with Crippen molar-refractivity contribution in [3.63, 3.8) is 0 Å². The SMILES string of the molecule is CCN(C)CCNC(=O)C(F)(F)C(F)(F)F. The van der Waals surface area contributed by atoms with E-state index in [1.807, 2.05) is 0 Å². The minimum absolute atomic E-state index is 0.205. The Bertz CT molecular complexity index is 241. The van der Waals surface area contributed by atoms with Crippen LogP contribution >= 0.6 is 0 Å². The number of carbonyl (C=O) groups is 1. The molecular formula is C8H13F5N2O. The second-order valence-electron chi connectivity index (χ2n) is 3.22. The lowest BCUT2D eigenvalue weighted by atomic mass is 10.3. The monoisotopic (exact) mass is 248 g/mol. The summed E-state index contributed by atoms with van der Waals surface area (Å²) in [5.74, 6) is -7.65. The van der Waals surface area contributed by atoms with Crippen molar-refractivity contribution in [1.82, 2.24) is 10.2 Å². The fourth-order valence-electron chi connectivity index (χ4n) is 0.758. The van der Waals surface area contributed by atoms with Gasteiger partial charge in [-0.05, 0) is 13.6 Å². The standard InChI is InChI=1S/C8H13F5N2O/c1-3-15(2)5-4-14-6(16)7(9,10)8(11,12)13/h3-5H2,1-2H3,(H,14,16). The number of rotatable bonds is 5. The Morgan fingerprint density at radius 2 is 1.75 bits per heavy atom. The molecule has 16 heavy (non-hydrogen) atoms. The van der Waals surface area contributed by atoms with Gasteiger partial charge in [-0.1, -0.05) is 6.92 Å². The van der Waals surface area contributed by atoms with Crippen LogP contribution < -0.4 is 5.32 Å². The van der Waals surface area contributed by atoms with E-state index in [4.69, 9.17) is 0 Å². The van der Waals surface area contributed by atoms with Gasteiger partial charge in [-0.2, -0.15) is 22.0 Å². The fourth-order valence-corrected chi connectivity index (χ4v) is 0.758. The number of amides is 1. The number of halogens is 5. The summed E-state index contributed by atoms with van der Waals surface area (Å²) in [6, 6.07) is 0. The molecule has 96 valence electrons. The smallest absolute Gasteiger partial charge is 0.349 e. The largest absolute Gasteiger partial charge is 0.463 e. The molecule has 0 unspecified atom stereocenters. The Kier molecular flexibility index (Phi) is 5.11. The predicted molar refractivity (Wildman–Crippen MR) is 47.2 cm³/mol. The summed E-state index contributed by atoms with van der Waals surface area (Å²) < 4.78 is 59.9. The van der Waals surface area contributed by atoms with E-state index in [0.717, 1.165) is 0 Å². The molecule has 0 saturated carbocycles. The van der Waals surface area contributed by atoms with E-state index in [1.54, 1.807) is 24.2 Å². The second-order valence-corrected chi connectivity index (χ2v) is 3.22. The zero-order chi connectivity index (χ0) is 13.0. The Labute approximate surface area is 89.6 Å². The Morgan fingerprint density at radius 3 is 2.12 bits per heavy atom. The molecule has 8 heteroatoms. The minimum atomic E-state index is -5.85. The third-order valence-electron chi connectivity index (χ3n) is 1.96. The number of carbonyl (C=O) groups excluding carboxylic acids is 1. The van der Waals surface area contributed by atoms with Gasteiger partial charge in [-0.3, -0.25) is 4.79 Å². The molecule has 0 rings (SSSR count). The molecule has 0 aromatic heterocycles. The molecule has 0 heterocycles. The van der Waals surface area contributed by atoms with Gasteiger partial charge in [0.2, 0.25) is 0 Å². The van der Waals surface area contributed by atoms with Crippen molar-refractivity contribution in [2.45, 2.75) is 19.0 Å². The first-order valence-electron chi connectivity index (χ1n) is 4.54. The van der Waals surface area contributed by atoms with Crippen molar-refractivity contribution in [2.75, 3.05) is 26.7 Å². The number of nitrogens with one attached hydrogen (secondary N) is 1. The first-order valence-corrected chi connectivity index (χ1v) is 4.54. The molecule has 3 nitrogen and oxygen atoms in total. The predicted octanol–water partition coefficient (Wildman–Crippen LogP) is 1.25. The normalized spacial score (nSPS) is 13.0. The van der Waals surface area contributed by atoms with Crippen LogP contribution in [0.15, 0.2) is 0 Å². The summed E-state index contributed by atoms with van der Waals surface area (Å²) in [7, 11) is 1.65. The average Bonchev–Trinajstić information content (AvgIpc) is 2.15. The summed E-state index contributed by atoms with van der Waals surface area (Å²) in [5, 5.41) is 1.54. The maximum Gasteiger partial charge on any atom is 0.463 e. The molecule has 0 aliphatic carbocycles. The molecule has 0 bridgehead atoms. The Hall–Kier alpha value is -0.920. The van der Waals surface area contributed by atoms with E-state index in [1.165, 1.54) is 0 Å². The number of nitrogens with zero attached hydrogens (tertiary/aromatic N) is 1. The minimum Gasteiger partial charge on any atom is -0.349 e. The van der Waals surface area contributed by atoms with Gasteiger partial charge in [0, 0.05) is 13.1 Å². The van der Waals surface area contributed by atoms with Gasteiger partial charge in [0.05, 0.1) is 0 Å². The average molecular weight is 248 g/mol. The van der Waals surface area contributed by atoms with Crippen molar-refractivity contribution in [3.8, 4) is 0 Å². The van der Waals surface area contributed by atoms with Crippen LogP contribution in [0, 0.1) is 0 Å². The summed E-state index contributed by atoms with van der Waals surface area (Å²) in [6.07, 6.45) is -5.85. The van der Waals surface area contributed by atoms with Crippen LogP contribution in [-0.4, -0.2) is 49.6 Å². The van der Waals surface area contributed by atoms with E-state index in [2.05, 4.69) is 0 Å². The Balaban J connectivity index is 4.17. The van der Waals surface area contributed by atoms with E-state index < -0.39 is 18.0 Å². The maximum absolute atomic E-state index is 12.4. The van der Waals surface area contributed by atoms with Crippen LogP contribution in [0.2, 0.25) is 0 Å². The van der Waals surface area contributed by atoms with Gasteiger partial charge < -0.3 is 10.2 Å². The van der Waals surface area contributed by atoms with Crippen molar-refractivity contribution in [2.24, 2.45) is 0 Å². The lowest BCUT2D eigenvalue weighted by Gasteiger charge is -2.20. The van der Waals surface area contributed by atoms with Gasteiger partial charge in [0.1, 0.15) is 0 Å². The number of hydrogen-bond donors (Lipinski definition) is 1. The van der Waals surface area contributed by atoms with E-state index in [-0.39, 0.29) is 13.1 Å². The summed E-state index contributed by atoms with van der Waals surface area (Å²) in [5.41, 5.74) is 0. The molecule has 1 N–H and O–H groups in total. The van der Waals surface area contributed by atoms with E-state index >= 15 is 0 Å². The van der Waals surface area contributed by atoms with Gasteiger partial charge in [0.25, 0.3) is 5.91 Å². The van der Waals surface area contributed by atoms with Gasteiger partial charge in [0.15, 0.2) is 0 Å². The quantitative estimate of drug-likeness (QED) is 0.743. The maximum atomic E-state index is 12.4. The first kappa shape index (κ1) is 15.1. The van der Waals surface area contributed by atoms with Gasteiger partial charge in [-0.25, -0.2) is 0 Å². The lowest BCUT2D eigenvalue weighted by Crippen LogP contribution is -2.51. The number of alkyl halides is 5. The Morgan fingerprint density at radius 1 is 1.25 bits per heavy atom. The molecule has 0 aliphatic rings. The van der Waals surface area contributed by atoms with E-state index in [9.17, 15) is 26.7 Å². The molecule has 0 radical (unpaired) electrons. The molecule has 0 aliphatic heterocycles. The highest BCUT2D eigenvalue weighted by molar-refractivity contribution is 5.84. The molecule has 0 saturated heterocycles. The second kappa shape index (κ2) is 5.42. The third-order valence-corrected chi connectivity index (χ3v) is 1.96. The number of hydrogen-bond acceptors (Lipinski definition) is 2. The summed E-state index contributed by atoms with van der Waals surface area (Å²) in [4.78, 5) is 12.2. The third kappa shape index (κ3) is 3.92. The first-order chi connectivity index (χ1) is 7.13. The van der Waals surface area contributed by atoms with Crippen LogP contribution in [-0.2, 0) is 4.79 Å². The van der Waals surface area contributed by atoms with Crippen molar-refractivity contribution in [1.29, 1.82) is 0 Å². The highest BCUT2D eigenvalue weighted by atomic mass is 19.4. The van der Waals surface area contributed by atoms with Crippen molar-refractivity contribution in [3.05, 3.63) is 0 Å². The highest BCUT2D eigenvalue weighted by Gasteiger charge is 2.63. The zero-order valence-electron chi connectivity index (χ0n) is 8.87. The molecule has 1 amide bonds. The lowest BCUT2D eigenvalue weighted by molar-refractivity contribution is -0.269. The van der Waals surface area contributed by atoms with Crippen molar-refractivity contribution >= 4 is 5.91 Å². The topological polar surface area (TPSA) is 32.3 Å². The van der Waals surface area contributed by atoms with Crippen LogP contribution in [0.1, 0.15) is 6.92 Å². The number of likely N-dealkylation sites (N-methyl/N-ethyl adjacent to an activating group) is 1. The van der Waals surface area contributed by atoms with Crippen LogP contribution in [0.25, 0.3) is 0 Å². The zero-order valence-corrected chi connectivity index (χ0v) is 8.87. The van der Waals surface area contributed by atoms with Crippen LogP contribution in [0.5, 0.6) is 0 Å². The molecule has 0 spiro atoms.